The van der Waals surface area contributed by atoms with Crippen LogP contribution in [0.5, 0.6) is 5.75 Å². The van der Waals surface area contributed by atoms with Gasteiger partial charge in [-0.25, -0.2) is 0 Å². The number of benzene rings is 1. The number of amides is 1. The largest absolute Gasteiger partial charge is 0.497 e. The van der Waals surface area contributed by atoms with Gasteiger partial charge in [-0.15, -0.1) is 0 Å². The van der Waals surface area contributed by atoms with Crippen LogP contribution < -0.4 is 10.1 Å². The third-order valence-electron chi connectivity index (χ3n) is 3.64. The highest BCUT2D eigenvalue weighted by atomic mass is 16.5. The molecule has 1 aromatic rings. The maximum Gasteiger partial charge on any atom is 0.309 e. The summed E-state index contributed by atoms with van der Waals surface area (Å²) in [5.41, 5.74) is -0.350. The van der Waals surface area contributed by atoms with Crippen molar-refractivity contribution in [2.24, 2.45) is 5.41 Å². The number of carbonyl (C=O) groups is 3. The second-order valence-corrected chi connectivity index (χ2v) is 5.94. The Morgan fingerprint density at radius 1 is 1.13 bits per heavy atom. The molecule has 6 heteroatoms. The minimum absolute atomic E-state index is 0.0817. The number of methoxy groups -OCH3 is 1. The Labute approximate surface area is 135 Å². The summed E-state index contributed by atoms with van der Waals surface area (Å²) < 4.78 is 5.02. The molecule has 2 N–H and O–H groups in total. The molecule has 0 aliphatic carbocycles. The SMILES string of the molecule is COc1ccc(C(=O)CCC(=O)NCCC(C)(C)C(=O)O)cc1. The van der Waals surface area contributed by atoms with Gasteiger partial charge < -0.3 is 15.2 Å². The number of hydrogen-bond donors (Lipinski definition) is 2. The third kappa shape index (κ3) is 6.10. The summed E-state index contributed by atoms with van der Waals surface area (Å²) in [6.45, 7) is 3.48. The van der Waals surface area contributed by atoms with Gasteiger partial charge in [0.1, 0.15) is 5.75 Å². The Balaban J connectivity index is 2.35. The van der Waals surface area contributed by atoms with Crippen LogP contribution in [-0.2, 0) is 9.59 Å². The minimum Gasteiger partial charge on any atom is -0.497 e. The molecule has 6 nitrogen and oxygen atoms in total. The van der Waals surface area contributed by atoms with E-state index in [0.717, 1.165) is 0 Å². The van der Waals surface area contributed by atoms with Crippen molar-refractivity contribution in [1.82, 2.24) is 5.32 Å². The van der Waals surface area contributed by atoms with Crippen LogP contribution in [0.1, 0.15) is 43.5 Å². The smallest absolute Gasteiger partial charge is 0.309 e. The first kappa shape index (κ1) is 18.7. The van der Waals surface area contributed by atoms with Crippen LogP contribution in [0.15, 0.2) is 24.3 Å². The number of nitrogens with one attached hydrogen (secondary N) is 1. The molecule has 0 fully saturated rings. The van der Waals surface area contributed by atoms with Gasteiger partial charge in [-0.05, 0) is 44.5 Å². The molecule has 126 valence electrons. The number of carbonyl (C=O) groups excluding carboxylic acids is 2. The fourth-order valence-electron chi connectivity index (χ4n) is 1.86. The van der Waals surface area contributed by atoms with Crippen molar-refractivity contribution in [2.45, 2.75) is 33.1 Å². The first-order valence-electron chi connectivity index (χ1n) is 7.43. The van der Waals surface area contributed by atoms with Gasteiger partial charge in [0.2, 0.25) is 5.91 Å². The summed E-state index contributed by atoms with van der Waals surface area (Å²) in [5.74, 6) is -0.608. The number of rotatable bonds is 9. The van der Waals surface area contributed by atoms with E-state index in [2.05, 4.69) is 5.32 Å². The van der Waals surface area contributed by atoms with Crippen LogP contribution in [0.4, 0.5) is 0 Å². The maximum absolute atomic E-state index is 12.0. The molecule has 0 aliphatic rings. The summed E-state index contributed by atoms with van der Waals surface area (Å²) in [4.78, 5) is 34.6. The molecule has 0 saturated heterocycles. The summed E-state index contributed by atoms with van der Waals surface area (Å²) in [6, 6.07) is 6.71. The van der Waals surface area contributed by atoms with E-state index in [-0.39, 0.29) is 31.1 Å². The van der Waals surface area contributed by atoms with Crippen molar-refractivity contribution in [2.75, 3.05) is 13.7 Å². The standard InChI is InChI=1S/C17H23NO5/c1-17(2,16(21)22)10-11-18-15(20)9-8-14(19)12-4-6-13(23-3)7-5-12/h4-7H,8-11H2,1-3H3,(H,18,20)(H,21,22). The van der Waals surface area contributed by atoms with Crippen LogP contribution in [0.25, 0.3) is 0 Å². The molecule has 1 amide bonds. The lowest BCUT2D eigenvalue weighted by Crippen LogP contribution is -2.32. The zero-order valence-corrected chi connectivity index (χ0v) is 13.7. The van der Waals surface area contributed by atoms with E-state index in [0.29, 0.717) is 17.7 Å². The summed E-state index contributed by atoms with van der Waals surface area (Å²) in [6.07, 6.45) is 0.527. The second kappa shape index (κ2) is 8.31. The fourth-order valence-corrected chi connectivity index (χ4v) is 1.86. The summed E-state index contributed by atoms with van der Waals surface area (Å²) >= 11 is 0. The van der Waals surface area contributed by atoms with Crippen LogP contribution in [-0.4, -0.2) is 36.4 Å². The highest BCUT2D eigenvalue weighted by Crippen LogP contribution is 2.19. The number of Topliss-reactive ketones (excluding diaryl/α,β-unsaturated/α-hetero) is 1. The lowest BCUT2D eigenvalue weighted by atomic mass is 9.90. The molecule has 0 aromatic heterocycles. The Morgan fingerprint density at radius 3 is 2.26 bits per heavy atom. The number of carboxylic acids is 1. The van der Waals surface area contributed by atoms with E-state index in [4.69, 9.17) is 9.84 Å². The van der Waals surface area contributed by atoms with Gasteiger partial charge in [0.15, 0.2) is 5.78 Å². The van der Waals surface area contributed by atoms with E-state index in [9.17, 15) is 14.4 Å². The van der Waals surface area contributed by atoms with E-state index in [1.165, 1.54) is 0 Å². The van der Waals surface area contributed by atoms with Gasteiger partial charge in [0, 0.05) is 24.9 Å². The van der Waals surface area contributed by atoms with Crippen molar-refractivity contribution in [3.63, 3.8) is 0 Å². The van der Waals surface area contributed by atoms with Gasteiger partial charge in [0.25, 0.3) is 0 Å². The molecule has 0 heterocycles. The molecule has 0 aliphatic heterocycles. The lowest BCUT2D eigenvalue weighted by molar-refractivity contribution is -0.147. The Hall–Kier alpha value is -2.37. The Morgan fingerprint density at radius 2 is 1.74 bits per heavy atom. The number of aliphatic carboxylic acids is 1. The monoisotopic (exact) mass is 321 g/mol. The predicted molar refractivity (Wildman–Crippen MR) is 85.6 cm³/mol. The van der Waals surface area contributed by atoms with E-state index < -0.39 is 11.4 Å². The average molecular weight is 321 g/mol. The molecule has 0 spiro atoms. The Kier molecular flexibility index (Phi) is 6.75. The van der Waals surface area contributed by atoms with Gasteiger partial charge in [-0.1, -0.05) is 0 Å². The van der Waals surface area contributed by atoms with E-state index >= 15 is 0 Å². The molecule has 23 heavy (non-hydrogen) atoms. The minimum atomic E-state index is -0.901. The molecule has 1 rings (SSSR count). The third-order valence-corrected chi connectivity index (χ3v) is 3.64. The highest BCUT2D eigenvalue weighted by Gasteiger charge is 2.26. The molecule has 0 radical (unpaired) electrons. The molecule has 0 atom stereocenters. The maximum atomic E-state index is 12.0. The van der Waals surface area contributed by atoms with Crippen molar-refractivity contribution < 1.29 is 24.2 Å². The first-order chi connectivity index (χ1) is 10.8. The summed E-state index contributed by atoms with van der Waals surface area (Å²) in [5, 5.41) is 11.6. The number of carboxylic acid groups (broad SMARTS) is 1. The molecular formula is C17H23NO5. The average Bonchev–Trinajstić information content (AvgIpc) is 2.52. The lowest BCUT2D eigenvalue weighted by Gasteiger charge is -2.18. The highest BCUT2D eigenvalue weighted by molar-refractivity contribution is 5.98. The fraction of sp³-hybridized carbons (Fsp3) is 0.471. The summed E-state index contributed by atoms with van der Waals surface area (Å²) in [7, 11) is 1.55. The van der Waals surface area contributed by atoms with Gasteiger partial charge >= 0.3 is 5.97 Å². The quantitative estimate of drug-likeness (QED) is 0.681. The zero-order chi connectivity index (χ0) is 17.5. The Bertz CT molecular complexity index is 563. The second-order valence-electron chi connectivity index (χ2n) is 5.94. The van der Waals surface area contributed by atoms with E-state index in [1.807, 2.05) is 0 Å². The van der Waals surface area contributed by atoms with Gasteiger partial charge in [-0.3, -0.25) is 14.4 Å². The van der Waals surface area contributed by atoms with Crippen molar-refractivity contribution >= 4 is 17.7 Å². The number of ether oxygens (including phenoxy) is 1. The van der Waals surface area contributed by atoms with E-state index in [1.54, 1.807) is 45.2 Å². The number of hydrogen-bond acceptors (Lipinski definition) is 4. The first-order valence-corrected chi connectivity index (χ1v) is 7.43. The van der Waals surface area contributed by atoms with Gasteiger partial charge in [-0.2, -0.15) is 0 Å². The van der Waals surface area contributed by atoms with Crippen LogP contribution >= 0.6 is 0 Å². The van der Waals surface area contributed by atoms with Crippen LogP contribution in [0.3, 0.4) is 0 Å². The molecule has 1 aromatic carbocycles. The molecular weight excluding hydrogens is 298 g/mol. The van der Waals surface area contributed by atoms with Crippen molar-refractivity contribution in [3.05, 3.63) is 29.8 Å². The molecule has 0 saturated carbocycles. The predicted octanol–water partition coefficient (Wildman–Crippen LogP) is 2.28. The van der Waals surface area contributed by atoms with Crippen LogP contribution in [0, 0.1) is 5.41 Å². The molecule has 0 bridgehead atoms. The zero-order valence-electron chi connectivity index (χ0n) is 13.7. The molecule has 0 unspecified atom stereocenters. The van der Waals surface area contributed by atoms with Crippen molar-refractivity contribution in [1.29, 1.82) is 0 Å². The van der Waals surface area contributed by atoms with Gasteiger partial charge in [0.05, 0.1) is 12.5 Å². The number of ketones is 1. The normalized spacial score (nSPS) is 10.9. The van der Waals surface area contributed by atoms with Crippen LogP contribution in [0.2, 0.25) is 0 Å². The topological polar surface area (TPSA) is 92.7 Å². The van der Waals surface area contributed by atoms with Crippen molar-refractivity contribution in [3.8, 4) is 5.75 Å².